The number of allylic oxidation sites excluding steroid dienone is 2. The molecule has 3 N–H and O–H groups in total. The van der Waals surface area contributed by atoms with Crippen LogP contribution in [0.2, 0.25) is 5.02 Å². The van der Waals surface area contributed by atoms with Crippen molar-refractivity contribution in [3.8, 4) is 5.75 Å². The maximum absolute atomic E-state index is 11.2. The van der Waals surface area contributed by atoms with Gasteiger partial charge in [0.25, 0.3) is 0 Å². The Morgan fingerprint density at radius 2 is 2.13 bits per heavy atom. The molecule has 1 heterocycles. The van der Waals surface area contributed by atoms with Crippen molar-refractivity contribution in [1.29, 1.82) is 0 Å². The lowest BCUT2D eigenvalue weighted by Gasteiger charge is -2.17. The summed E-state index contributed by atoms with van der Waals surface area (Å²) in [7, 11) is 0. The molecule has 0 radical (unpaired) electrons. The van der Waals surface area contributed by atoms with Gasteiger partial charge in [0.1, 0.15) is 18.5 Å². The van der Waals surface area contributed by atoms with Gasteiger partial charge in [0.15, 0.2) is 0 Å². The summed E-state index contributed by atoms with van der Waals surface area (Å²) >= 11 is 5.91. The molecule has 1 aromatic rings. The number of carboxylic acid groups (broad SMARTS) is 1. The molecule has 0 bridgehead atoms. The lowest BCUT2D eigenvalue weighted by atomic mass is 9.91. The van der Waals surface area contributed by atoms with E-state index in [-0.39, 0.29) is 37.1 Å². The predicted octanol–water partition coefficient (Wildman–Crippen LogP) is 4.10. The van der Waals surface area contributed by atoms with E-state index in [1.165, 1.54) is 0 Å². The minimum atomic E-state index is -0.815. The summed E-state index contributed by atoms with van der Waals surface area (Å²) < 4.78 is 11.2. The molecule has 5 unspecified atom stereocenters. The lowest BCUT2D eigenvalue weighted by molar-refractivity contribution is -0.143. The number of ether oxygens (including phenoxy) is 2. The Balaban J connectivity index is 1.79. The van der Waals surface area contributed by atoms with Crippen LogP contribution in [0, 0.1) is 17.8 Å². The van der Waals surface area contributed by atoms with Gasteiger partial charge in [0.05, 0.1) is 24.7 Å². The molecular formula is C24H33ClO6. The van der Waals surface area contributed by atoms with E-state index in [9.17, 15) is 20.1 Å². The molecule has 7 heteroatoms. The zero-order valence-corrected chi connectivity index (χ0v) is 18.8. The number of aliphatic carboxylic acids is 1. The van der Waals surface area contributed by atoms with Gasteiger partial charge in [0, 0.05) is 10.9 Å². The second-order valence-electron chi connectivity index (χ2n) is 8.22. The number of halogens is 1. The standard InChI is InChI=1S/C24H33ClO6/c1-16(2)20(24(28)29)9-4-3-5-10-21-22(27)15-31-23(21)12-11-18(26)14-30-19-8-6-7-17(25)13-19/h3-4,6-8,11-13,16,18,20-23,26-27H,5,9-10,14-15H2,1-2H3,(H,28,29)/b4-3+,12-11+. The van der Waals surface area contributed by atoms with E-state index in [0.717, 1.165) is 6.42 Å². The third-order valence-electron chi connectivity index (χ3n) is 5.46. The topological polar surface area (TPSA) is 96.2 Å². The van der Waals surface area contributed by atoms with Gasteiger partial charge < -0.3 is 24.8 Å². The minimum Gasteiger partial charge on any atom is -0.491 e. The van der Waals surface area contributed by atoms with E-state index >= 15 is 0 Å². The third-order valence-corrected chi connectivity index (χ3v) is 5.70. The van der Waals surface area contributed by atoms with Crippen LogP contribution in [0.25, 0.3) is 0 Å². The molecule has 172 valence electrons. The van der Waals surface area contributed by atoms with Crippen molar-refractivity contribution in [1.82, 2.24) is 0 Å². The van der Waals surface area contributed by atoms with Crippen molar-refractivity contribution in [2.45, 2.75) is 51.4 Å². The fourth-order valence-corrected chi connectivity index (χ4v) is 3.75. The Bertz CT molecular complexity index is 747. The van der Waals surface area contributed by atoms with Crippen LogP contribution in [0.5, 0.6) is 5.75 Å². The molecule has 0 saturated carbocycles. The van der Waals surface area contributed by atoms with Gasteiger partial charge in [-0.3, -0.25) is 4.79 Å². The van der Waals surface area contributed by atoms with E-state index in [0.29, 0.717) is 23.6 Å². The summed E-state index contributed by atoms with van der Waals surface area (Å²) in [6.07, 6.45) is 7.54. The van der Waals surface area contributed by atoms with Gasteiger partial charge >= 0.3 is 5.97 Å². The summed E-state index contributed by atoms with van der Waals surface area (Å²) in [6, 6.07) is 6.97. The van der Waals surface area contributed by atoms with Crippen LogP contribution in [0.3, 0.4) is 0 Å². The molecule has 5 atom stereocenters. The summed E-state index contributed by atoms with van der Waals surface area (Å²) in [5.41, 5.74) is 0. The summed E-state index contributed by atoms with van der Waals surface area (Å²) in [6.45, 7) is 4.15. The second kappa shape index (κ2) is 12.9. The first-order valence-electron chi connectivity index (χ1n) is 10.7. The second-order valence-corrected chi connectivity index (χ2v) is 8.66. The van der Waals surface area contributed by atoms with Crippen LogP contribution >= 0.6 is 11.6 Å². The fraction of sp³-hybridized carbons (Fsp3) is 0.542. The van der Waals surface area contributed by atoms with Crippen LogP contribution in [0.15, 0.2) is 48.6 Å². The molecular weight excluding hydrogens is 420 g/mol. The number of aliphatic hydroxyl groups excluding tert-OH is 2. The molecule has 1 aromatic carbocycles. The molecule has 1 fully saturated rings. The van der Waals surface area contributed by atoms with Crippen molar-refractivity contribution >= 4 is 17.6 Å². The van der Waals surface area contributed by atoms with E-state index < -0.39 is 18.2 Å². The SMILES string of the molecule is CC(C)C(C/C=C/CCC1C(O)COC1/C=C/C(O)COc1cccc(Cl)c1)C(=O)O. The molecule has 31 heavy (non-hydrogen) atoms. The Labute approximate surface area is 189 Å². The molecule has 1 aliphatic heterocycles. The van der Waals surface area contributed by atoms with Crippen molar-refractivity contribution in [3.63, 3.8) is 0 Å². The Kier molecular flexibility index (Phi) is 10.5. The summed E-state index contributed by atoms with van der Waals surface area (Å²) in [4.78, 5) is 11.2. The van der Waals surface area contributed by atoms with Gasteiger partial charge in [-0.15, -0.1) is 0 Å². The highest BCUT2D eigenvalue weighted by Crippen LogP contribution is 2.27. The largest absolute Gasteiger partial charge is 0.491 e. The molecule has 1 saturated heterocycles. The van der Waals surface area contributed by atoms with Gasteiger partial charge in [-0.25, -0.2) is 0 Å². The van der Waals surface area contributed by atoms with Crippen molar-refractivity contribution in [2.24, 2.45) is 17.8 Å². The first kappa shape index (κ1) is 25.4. The van der Waals surface area contributed by atoms with Gasteiger partial charge in [-0.2, -0.15) is 0 Å². The lowest BCUT2D eigenvalue weighted by Crippen LogP contribution is -2.23. The molecule has 0 aromatic heterocycles. The monoisotopic (exact) mass is 452 g/mol. The number of rotatable bonds is 12. The number of carbonyl (C=O) groups is 1. The van der Waals surface area contributed by atoms with Gasteiger partial charge in [0.2, 0.25) is 0 Å². The molecule has 0 aliphatic carbocycles. The Morgan fingerprint density at radius 1 is 1.35 bits per heavy atom. The first-order chi connectivity index (χ1) is 14.8. The van der Waals surface area contributed by atoms with Gasteiger partial charge in [-0.1, -0.05) is 55.8 Å². The van der Waals surface area contributed by atoms with E-state index in [4.69, 9.17) is 21.1 Å². The third kappa shape index (κ3) is 8.65. The quantitative estimate of drug-likeness (QED) is 0.413. The Hall–Kier alpha value is -1.86. The summed E-state index contributed by atoms with van der Waals surface area (Å²) in [5.74, 6) is -0.580. The maximum Gasteiger partial charge on any atom is 0.307 e. The predicted molar refractivity (Wildman–Crippen MR) is 120 cm³/mol. The van der Waals surface area contributed by atoms with Crippen molar-refractivity contribution in [2.75, 3.05) is 13.2 Å². The molecule has 0 amide bonds. The van der Waals surface area contributed by atoms with Crippen LogP contribution in [-0.4, -0.2) is 52.8 Å². The zero-order valence-electron chi connectivity index (χ0n) is 18.1. The van der Waals surface area contributed by atoms with Crippen LogP contribution in [0.1, 0.15) is 33.1 Å². The maximum atomic E-state index is 11.2. The van der Waals surface area contributed by atoms with E-state index in [1.807, 2.05) is 26.0 Å². The Morgan fingerprint density at radius 3 is 2.81 bits per heavy atom. The van der Waals surface area contributed by atoms with Crippen LogP contribution < -0.4 is 4.74 Å². The first-order valence-corrected chi connectivity index (χ1v) is 11.1. The number of carboxylic acids is 1. The van der Waals surface area contributed by atoms with E-state index in [1.54, 1.807) is 36.4 Å². The van der Waals surface area contributed by atoms with Crippen molar-refractivity contribution in [3.05, 3.63) is 53.6 Å². The fourth-order valence-electron chi connectivity index (χ4n) is 3.57. The highest BCUT2D eigenvalue weighted by molar-refractivity contribution is 6.30. The minimum absolute atomic E-state index is 0.0796. The van der Waals surface area contributed by atoms with Crippen LogP contribution in [-0.2, 0) is 9.53 Å². The smallest absolute Gasteiger partial charge is 0.307 e. The van der Waals surface area contributed by atoms with Gasteiger partial charge in [-0.05, 0) is 43.4 Å². The number of hydrogen-bond donors (Lipinski definition) is 3. The molecule has 0 spiro atoms. The molecule has 1 aliphatic rings. The highest BCUT2D eigenvalue weighted by atomic mass is 35.5. The van der Waals surface area contributed by atoms with Crippen LogP contribution in [0.4, 0.5) is 0 Å². The van der Waals surface area contributed by atoms with E-state index in [2.05, 4.69) is 0 Å². The summed E-state index contributed by atoms with van der Waals surface area (Å²) in [5, 5.41) is 30.2. The molecule has 6 nitrogen and oxygen atoms in total. The van der Waals surface area contributed by atoms with Crippen molar-refractivity contribution < 1.29 is 29.6 Å². The normalized spacial score (nSPS) is 23.6. The number of aliphatic hydroxyl groups is 2. The number of hydrogen-bond acceptors (Lipinski definition) is 5. The number of benzene rings is 1. The highest BCUT2D eigenvalue weighted by Gasteiger charge is 2.33. The average molecular weight is 453 g/mol. The zero-order chi connectivity index (χ0) is 22.8. The average Bonchev–Trinajstić information content (AvgIpc) is 3.06. The molecule has 2 rings (SSSR count).